The molecule has 0 saturated carbocycles. The summed E-state index contributed by atoms with van der Waals surface area (Å²) in [5.74, 6) is -3.73. The molecule has 0 radical (unpaired) electrons. The standard InChI is InChI=1S/C18H25N3O6.Na/c1-17(2,3)27-16(26)21-15(25)18(20,10-11-7-5-4-6-8-11)14(24)12(19)9-13(22)23;/h4-8,12H,9-10,19-20H2,1-3H3,(H,22,23)(H,21,25,26);/q;+1/p-1/t12-,18+;/m0./s1. The molecular weight excluding hydrogens is 377 g/mol. The number of carboxylic acid groups (broad SMARTS) is 1. The number of ketones is 1. The van der Waals surface area contributed by atoms with Crippen molar-refractivity contribution in [2.24, 2.45) is 11.5 Å². The van der Waals surface area contributed by atoms with Crippen LogP contribution in [0.3, 0.4) is 0 Å². The van der Waals surface area contributed by atoms with Crippen molar-refractivity contribution in [3.63, 3.8) is 0 Å². The molecule has 0 bridgehead atoms. The summed E-state index contributed by atoms with van der Waals surface area (Å²) in [6.07, 6.45) is -2.19. The molecule has 0 heterocycles. The van der Waals surface area contributed by atoms with E-state index in [1.54, 1.807) is 51.1 Å². The number of carbonyl (C=O) groups is 4. The molecule has 0 saturated heterocycles. The van der Waals surface area contributed by atoms with Crippen molar-refractivity contribution in [1.29, 1.82) is 0 Å². The van der Waals surface area contributed by atoms with Crippen LogP contribution in [0, 0.1) is 0 Å². The van der Waals surface area contributed by atoms with Gasteiger partial charge in [0.25, 0.3) is 5.91 Å². The van der Waals surface area contributed by atoms with Gasteiger partial charge >= 0.3 is 35.7 Å². The molecule has 0 aliphatic rings. The van der Waals surface area contributed by atoms with Crippen LogP contribution in [0.1, 0.15) is 32.8 Å². The molecule has 0 fully saturated rings. The first-order valence-electron chi connectivity index (χ1n) is 8.22. The Labute approximate surface area is 185 Å². The fourth-order valence-electron chi connectivity index (χ4n) is 2.31. The number of ether oxygens (including phenoxy) is 1. The van der Waals surface area contributed by atoms with Gasteiger partial charge in [-0.15, -0.1) is 0 Å². The van der Waals surface area contributed by atoms with E-state index in [4.69, 9.17) is 16.2 Å². The summed E-state index contributed by atoms with van der Waals surface area (Å²) < 4.78 is 4.99. The van der Waals surface area contributed by atoms with E-state index in [2.05, 4.69) is 0 Å². The summed E-state index contributed by atoms with van der Waals surface area (Å²) in [7, 11) is 0. The number of nitrogens with one attached hydrogen (secondary N) is 1. The van der Waals surface area contributed by atoms with Crippen LogP contribution in [-0.4, -0.2) is 40.9 Å². The Morgan fingerprint density at radius 2 is 1.68 bits per heavy atom. The number of imide groups is 1. The maximum Gasteiger partial charge on any atom is 1.00 e. The number of aliphatic carboxylic acids is 1. The number of amides is 2. The average molecular weight is 401 g/mol. The average Bonchev–Trinajstić information content (AvgIpc) is 2.52. The van der Waals surface area contributed by atoms with E-state index in [0.717, 1.165) is 0 Å². The van der Waals surface area contributed by atoms with Crippen molar-refractivity contribution in [2.45, 2.75) is 50.8 Å². The molecule has 0 aromatic heterocycles. The number of hydrogen-bond acceptors (Lipinski definition) is 8. The summed E-state index contributed by atoms with van der Waals surface area (Å²) in [6.45, 7) is 4.78. The topological polar surface area (TPSA) is 165 Å². The zero-order valence-electron chi connectivity index (χ0n) is 16.5. The monoisotopic (exact) mass is 401 g/mol. The molecule has 10 heteroatoms. The van der Waals surface area contributed by atoms with Crippen molar-refractivity contribution in [3.05, 3.63) is 35.9 Å². The fraction of sp³-hybridized carbons (Fsp3) is 0.444. The molecule has 0 aliphatic heterocycles. The van der Waals surface area contributed by atoms with Crippen LogP contribution in [0.2, 0.25) is 0 Å². The van der Waals surface area contributed by atoms with Crippen LogP contribution in [0.25, 0.3) is 0 Å². The van der Waals surface area contributed by atoms with E-state index in [1.165, 1.54) is 0 Å². The van der Waals surface area contributed by atoms with E-state index in [1.807, 2.05) is 5.32 Å². The van der Waals surface area contributed by atoms with Crippen molar-refractivity contribution >= 4 is 23.8 Å². The SMILES string of the molecule is CC(C)(C)OC(=O)NC(=O)[C@@](N)(Cc1ccccc1)C(=O)[C@@H](N)CC(=O)[O-].[Na+]. The molecule has 28 heavy (non-hydrogen) atoms. The van der Waals surface area contributed by atoms with Crippen molar-refractivity contribution in [1.82, 2.24) is 5.32 Å². The third-order valence-corrected chi connectivity index (χ3v) is 3.51. The normalized spacial score (nSPS) is 14.0. The van der Waals surface area contributed by atoms with Gasteiger partial charge in [-0.1, -0.05) is 30.3 Å². The van der Waals surface area contributed by atoms with Crippen LogP contribution in [-0.2, 0) is 25.5 Å². The number of Topliss-reactive ketones (excluding diaryl/α,β-unsaturated/α-hetero) is 1. The predicted octanol–water partition coefficient (Wildman–Crippen LogP) is -3.98. The van der Waals surface area contributed by atoms with Gasteiger partial charge in [-0.3, -0.25) is 14.9 Å². The van der Waals surface area contributed by atoms with Crippen LogP contribution in [0.5, 0.6) is 0 Å². The van der Waals surface area contributed by atoms with E-state index in [0.29, 0.717) is 5.56 Å². The van der Waals surface area contributed by atoms with Crippen molar-refractivity contribution in [3.8, 4) is 0 Å². The number of carbonyl (C=O) groups excluding carboxylic acids is 4. The van der Waals surface area contributed by atoms with Crippen LogP contribution >= 0.6 is 0 Å². The molecule has 0 spiro atoms. The Balaban J connectivity index is 0.00000729. The Morgan fingerprint density at radius 3 is 2.14 bits per heavy atom. The maximum atomic E-state index is 12.7. The molecule has 148 valence electrons. The third kappa shape index (κ3) is 8.07. The minimum Gasteiger partial charge on any atom is -0.550 e. The van der Waals surface area contributed by atoms with Crippen molar-refractivity contribution in [2.75, 3.05) is 0 Å². The largest absolute Gasteiger partial charge is 1.00 e. The predicted molar refractivity (Wildman–Crippen MR) is 94.0 cm³/mol. The molecule has 2 amide bonds. The fourth-order valence-corrected chi connectivity index (χ4v) is 2.31. The summed E-state index contributed by atoms with van der Waals surface area (Å²) >= 11 is 0. The quantitative estimate of drug-likeness (QED) is 0.307. The van der Waals surface area contributed by atoms with E-state index < -0.39 is 47.4 Å². The molecule has 1 aromatic carbocycles. The van der Waals surface area contributed by atoms with Gasteiger partial charge < -0.3 is 26.1 Å². The third-order valence-electron chi connectivity index (χ3n) is 3.51. The smallest absolute Gasteiger partial charge is 0.550 e. The zero-order chi connectivity index (χ0) is 20.8. The molecule has 0 aliphatic carbocycles. The minimum atomic E-state index is -2.27. The second-order valence-corrected chi connectivity index (χ2v) is 7.14. The van der Waals surface area contributed by atoms with Gasteiger partial charge in [0.15, 0.2) is 11.3 Å². The van der Waals surface area contributed by atoms with Gasteiger partial charge in [0, 0.05) is 18.8 Å². The molecule has 5 N–H and O–H groups in total. The van der Waals surface area contributed by atoms with Crippen molar-refractivity contribution < 1.29 is 58.6 Å². The maximum absolute atomic E-state index is 12.7. The first-order valence-corrected chi connectivity index (χ1v) is 8.22. The van der Waals surface area contributed by atoms with E-state index >= 15 is 0 Å². The second kappa shape index (κ2) is 10.7. The Hall–Kier alpha value is -1.78. The van der Waals surface area contributed by atoms with Gasteiger partial charge in [0.05, 0.1) is 6.04 Å². The van der Waals surface area contributed by atoms with Gasteiger partial charge in [-0.05, 0) is 26.3 Å². The van der Waals surface area contributed by atoms with Crippen LogP contribution < -0.4 is 51.4 Å². The number of alkyl carbamates (subject to hydrolysis) is 1. The summed E-state index contributed by atoms with van der Waals surface area (Å²) in [6, 6.07) is 6.75. The number of hydrogen-bond donors (Lipinski definition) is 3. The second-order valence-electron chi connectivity index (χ2n) is 7.14. The summed E-state index contributed by atoms with van der Waals surface area (Å²) in [5, 5.41) is 12.7. The molecule has 2 atom stereocenters. The molecule has 0 unspecified atom stereocenters. The molecule has 1 aromatic rings. The zero-order valence-corrected chi connectivity index (χ0v) is 18.5. The molecule has 1 rings (SSSR count). The summed E-state index contributed by atoms with van der Waals surface area (Å²) in [5.41, 5.74) is 9.00. The van der Waals surface area contributed by atoms with Gasteiger partial charge in [0.1, 0.15) is 5.60 Å². The number of rotatable bonds is 7. The van der Waals surface area contributed by atoms with Crippen LogP contribution in [0.15, 0.2) is 30.3 Å². The van der Waals surface area contributed by atoms with E-state index in [9.17, 15) is 24.3 Å². The molecule has 9 nitrogen and oxygen atoms in total. The van der Waals surface area contributed by atoms with E-state index in [-0.39, 0.29) is 36.0 Å². The molecular formula is C18H24N3NaO6. The Kier molecular flexibility index (Phi) is 10.0. The first kappa shape index (κ1) is 26.2. The first-order chi connectivity index (χ1) is 12.3. The number of carboxylic acids is 1. The number of benzene rings is 1. The van der Waals surface area contributed by atoms with Gasteiger partial charge in [0.2, 0.25) is 0 Å². The van der Waals surface area contributed by atoms with Crippen LogP contribution in [0.4, 0.5) is 4.79 Å². The summed E-state index contributed by atoms with van der Waals surface area (Å²) in [4.78, 5) is 47.9. The minimum absolute atomic E-state index is 0. The van der Waals surface area contributed by atoms with Gasteiger partial charge in [-0.2, -0.15) is 0 Å². The number of nitrogens with two attached hydrogens (primary N) is 2. The Bertz CT molecular complexity index is 720. The van der Waals surface area contributed by atoms with Gasteiger partial charge in [-0.25, -0.2) is 4.79 Å². The Morgan fingerprint density at radius 1 is 1.14 bits per heavy atom.